The summed E-state index contributed by atoms with van der Waals surface area (Å²) >= 11 is 5.62. The van der Waals surface area contributed by atoms with Gasteiger partial charge >= 0.3 is 0 Å². The van der Waals surface area contributed by atoms with E-state index in [0.29, 0.717) is 11.4 Å². The fraction of sp³-hybridized carbons (Fsp3) is 0.571. The predicted octanol–water partition coefficient (Wildman–Crippen LogP) is 1.76. The third-order valence-corrected chi connectivity index (χ3v) is 2.21. The summed E-state index contributed by atoms with van der Waals surface area (Å²) in [7, 11) is 0. The molecule has 0 aromatic carbocycles. The van der Waals surface area contributed by atoms with E-state index in [-0.39, 0.29) is 11.3 Å². The van der Waals surface area contributed by atoms with Crippen molar-refractivity contribution in [2.75, 3.05) is 12.3 Å². The van der Waals surface area contributed by atoms with E-state index in [9.17, 15) is 0 Å². The van der Waals surface area contributed by atoms with Crippen LogP contribution in [-0.4, -0.2) is 11.8 Å². The number of halogens is 1. The van der Waals surface area contributed by atoms with Crippen molar-refractivity contribution in [3.8, 4) is 0 Å². The topological polar surface area (TPSA) is 61.3 Å². The number of rotatable bonds is 1. The van der Waals surface area contributed by atoms with Crippen molar-refractivity contribution in [1.82, 2.24) is 5.16 Å². The van der Waals surface area contributed by atoms with Crippen LogP contribution in [0.5, 0.6) is 0 Å². The van der Waals surface area contributed by atoms with Gasteiger partial charge in [-0.3, -0.25) is 0 Å². The molecule has 0 bridgehead atoms. The Morgan fingerprint density at radius 1 is 1.58 bits per heavy atom. The second-order valence-electron chi connectivity index (χ2n) is 2.75. The summed E-state index contributed by atoms with van der Waals surface area (Å²) < 4.78 is 10.3. The predicted molar refractivity (Wildman–Crippen MR) is 43.9 cm³/mol. The summed E-state index contributed by atoms with van der Waals surface area (Å²) in [5.41, 5.74) is 6.02. The highest BCUT2D eigenvalue weighted by Gasteiger charge is 2.25. The zero-order chi connectivity index (χ0) is 8.55. The van der Waals surface area contributed by atoms with Crippen molar-refractivity contribution >= 4 is 17.3 Å². The monoisotopic (exact) mass is 188 g/mol. The smallest absolute Gasteiger partial charge is 0.195 e. The van der Waals surface area contributed by atoms with Gasteiger partial charge in [-0.25, -0.2) is 0 Å². The molecule has 2 rings (SSSR count). The van der Waals surface area contributed by atoms with Gasteiger partial charge in [-0.15, -0.1) is 0 Å². The Labute approximate surface area is 74.6 Å². The van der Waals surface area contributed by atoms with Gasteiger partial charge in [0, 0.05) is 6.61 Å². The minimum absolute atomic E-state index is 0.0509. The molecular weight excluding hydrogens is 180 g/mol. The Bertz CT molecular complexity index is 281. The highest BCUT2D eigenvalue weighted by molar-refractivity contribution is 6.31. The molecule has 4 nitrogen and oxygen atoms in total. The molecule has 2 heterocycles. The molecule has 1 atom stereocenters. The van der Waals surface area contributed by atoms with Crippen LogP contribution in [-0.2, 0) is 4.74 Å². The SMILES string of the molecule is Nc1c(Cl)noc1C1CCCO1. The number of nitrogens with zero attached hydrogens (tertiary/aromatic N) is 1. The molecule has 0 aliphatic carbocycles. The van der Waals surface area contributed by atoms with Crippen molar-refractivity contribution in [2.24, 2.45) is 0 Å². The molecule has 5 heteroatoms. The minimum atomic E-state index is -0.0509. The number of aromatic nitrogens is 1. The van der Waals surface area contributed by atoms with E-state index in [0.717, 1.165) is 19.4 Å². The maximum atomic E-state index is 5.62. The highest BCUT2D eigenvalue weighted by atomic mass is 35.5. The van der Waals surface area contributed by atoms with Gasteiger partial charge in [0.15, 0.2) is 10.9 Å². The largest absolute Gasteiger partial charge is 0.393 e. The van der Waals surface area contributed by atoms with E-state index < -0.39 is 0 Å². The molecule has 1 aliphatic heterocycles. The Morgan fingerprint density at radius 3 is 2.92 bits per heavy atom. The summed E-state index contributed by atoms with van der Waals surface area (Å²) in [6.07, 6.45) is 1.91. The van der Waals surface area contributed by atoms with Crippen LogP contribution in [0.3, 0.4) is 0 Å². The highest BCUT2D eigenvalue weighted by Crippen LogP contribution is 2.34. The van der Waals surface area contributed by atoms with Crippen molar-refractivity contribution in [3.63, 3.8) is 0 Å². The van der Waals surface area contributed by atoms with Crippen molar-refractivity contribution in [3.05, 3.63) is 10.9 Å². The van der Waals surface area contributed by atoms with Gasteiger partial charge in [-0.1, -0.05) is 16.8 Å². The van der Waals surface area contributed by atoms with E-state index >= 15 is 0 Å². The second kappa shape index (κ2) is 2.95. The molecule has 1 aromatic heterocycles. The lowest BCUT2D eigenvalue weighted by molar-refractivity contribution is 0.0885. The van der Waals surface area contributed by atoms with Gasteiger partial charge in [0.1, 0.15) is 11.8 Å². The third kappa shape index (κ3) is 1.17. The molecule has 0 radical (unpaired) electrons. The molecule has 0 saturated carbocycles. The standard InChI is InChI=1S/C7H9ClN2O2/c8-7-5(9)6(12-10-7)4-2-1-3-11-4/h4H,1-3,9H2. The first-order valence-corrected chi connectivity index (χ1v) is 4.19. The van der Waals surface area contributed by atoms with E-state index in [4.69, 9.17) is 26.6 Å². The van der Waals surface area contributed by atoms with Gasteiger partial charge < -0.3 is 15.0 Å². The molecule has 1 fully saturated rings. The van der Waals surface area contributed by atoms with Crippen LogP contribution in [0.25, 0.3) is 0 Å². The molecule has 1 aromatic rings. The van der Waals surface area contributed by atoms with Gasteiger partial charge in [0.2, 0.25) is 0 Å². The van der Waals surface area contributed by atoms with E-state index in [2.05, 4.69) is 5.16 Å². The summed E-state index contributed by atoms with van der Waals surface area (Å²) in [6, 6.07) is 0. The van der Waals surface area contributed by atoms with Crippen LogP contribution in [0, 0.1) is 0 Å². The molecule has 0 amide bonds. The number of hydrogen-bond donors (Lipinski definition) is 1. The molecule has 1 unspecified atom stereocenters. The van der Waals surface area contributed by atoms with Crippen LogP contribution >= 0.6 is 11.6 Å². The van der Waals surface area contributed by atoms with Gasteiger partial charge in [0.05, 0.1) is 0 Å². The molecule has 12 heavy (non-hydrogen) atoms. The minimum Gasteiger partial charge on any atom is -0.393 e. The number of anilines is 1. The fourth-order valence-electron chi connectivity index (χ4n) is 1.31. The van der Waals surface area contributed by atoms with E-state index in [1.54, 1.807) is 0 Å². The van der Waals surface area contributed by atoms with E-state index in [1.165, 1.54) is 0 Å². The second-order valence-corrected chi connectivity index (χ2v) is 3.11. The molecule has 2 N–H and O–H groups in total. The first kappa shape index (κ1) is 7.89. The number of ether oxygens (including phenoxy) is 1. The molecule has 1 aliphatic rings. The maximum absolute atomic E-state index is 5.62. The van der Waals surface area contributed by atoms with Crippen LogP contribution in [0.4, 0.5) is 5.69 Å². The maximum Gasteiger partial charge on any atom is 0.195 e. The molecule has 0 spiro atoms. The molecular formula is C7H9ClN2O2. The van der Waals surface area contributed by atoms with Crippen LogP contribution in [0.2, 0.25) is 5.15 Å². The van der Waals surface area contributed by atoms with Crippen LogP contribution < -0.4 is 5.73 Å². The van der Waals surface area contributed by atoms with Crippen LogP contribution in [0.15, 0.2) is 4.52 Å². The lowest BCUT2D eigenvalue weighted by Gasteiger charge is -2.03. The van der Waals surface area contributed by atoms with Gasteiger partial charge in [-0.05, 0) is 12.8 Å². The Balaban J connectivity index is 2.26. The normalized spacial score (nSPS) is 23.2. The summed E-state index contributed by atoms with van der Waals surface area (Å²) in [5.74, 6) is 0.567. The van der Waals surface area contributed by atoms with Crippen molar-refractivity contribution in [1.29, 1.82) is 0 Å². The zero-order valence-corrected chi connectivity index (χ0v) is 7.17. The lowest BCUT2D eigenvalue weighted by atomic mass is 10.2. The summed E-state index contributed by atoms with van der Waals surface area (Å²) in [5, 5.41) is 3.77. The Kier molecular flexibility index (Phi) is 1.94. The first-order chi connectivity index (χ1) is 5.79. The summed E-state index contributed by atoms with van der Waals surface area (Å²) in [4.78, 5) is 0. The van der Waals surface area contributed by atoms with Crippen molar-refractivity contribution < 1.29 is 9.26 Å². The van der Waals surface area contributed by atoms with Gasteiger partial charge in [-0.2, -0.15) is 0 Å². The van der Waals surface area contributed by atoms with Crippen molar-refractivity contribution in [2.45, 2.75) is 18.9 Å². The molecule has 1 saturated heterocycles. The van der Waals surface area contributed by atoms with Gasteiger partial charge in [0.25, 0.3) is 0 Å². The zero-order valence-electron chi connectivity index (χ0n) is 6.42. The average Bonchev–Trinajstić information content (AvgIpc) is 2.64. The lowest BCUT2D eigenvalue weighted by Crippen LogP contribution is -1.97. The number of nitrogens with two attached hydrogens (primary N) is 1. The average molecular weight is 189 g/mol. The quantitative estimate of drug-likeness (QED) is 0.730. The summed E-state index contributed by atoms with van der Waals surface area (Å²) in [6.45, 7) is 0.752. The number of nitrogen functional groups attached to an aromatic ring is 1. The fourth-order valence-corrected chi connectivity index (χ4v) is 1.43. The third-order valence-electron chi connectivity index (χ3n) is 1.93. The van der Waals surface area contributed by atoms with Crippen LogP contribution in [0.1, 0.15) is 24.7 Å². The number of hydrogen-bond acceptors (Lipinski definition) is 4. The Morgan fingerprint density at radius 2 is 2.42 bits per heavy atom. The Hall–Kier alpha value is -0.740. The molecule has 66 valence electrons. The van der Waals surface area contributed by atoms with E-state index in [1.807, 2.05) is 0 Å². The first-order valence-electron chi connectivity index (χ1n) is 3.81.